The average Bonchev–Trinajstić information content (AvgIpc) is 2.42. The number of benzene rings is 1. The first-order valence-electron chi connectivity index (χ1n) is 7.70. The highest BCUT2D eigenvalue weighted by Gasteiger charge is 2.20. The van der Waals surface area contributed by atoms with Gasteiger partial charge in [0.15, 0.2) is 0 Å². The summed E-state index contributed by atoms with van der Waals surface area (Å²) in [5.41, 5.74) is 1.42. The van der Waals surface area contributed by atoms with Crippen LogP contribution in [-0.4, -0.2) is 19.7 Å². The maximum atomic E-state index is 5.71. The van der Waals surface area contributed by atoms with Crippen molar-refractivity contribution in [3.63, 3.8) is 0 Å². The van der Waals surface area contributed by atoms with E-state index in [0.717, 1.165) is 31.4 Å². The van der Waals surface area contributed by atoms with Gasteiger partial charge in [0.25, 0.3) is 0 Å². The van der Waals surface area contributed by atoms with Crippen LogP contribution in [-0.2, 0) is 0 Å². The monoisotopic (exact) mass is 261 g/mol. The lowest BCUT2D eigenvalue weighted by Crippen LogP contribution is -2.21. The van der Waals surface area contributed by atoms with Gasteiger partial charge in [0.05, 0.1) is 6.61 Å². The number of ether oxygens (including phenoxy) is 1. The van der Waals surface area contributed by atoms with Crippen LogP contribution in [0.1, 0.15) is 51.0 Å². The van der Waals surface area contributed by atoms with Crippen molar-refractivity contribution in [2.75, 3.05) is 19.7 Å². The third-order valence-electron chi connectivity index (χ3n) is 3.79. The van der Waals surface area contributed by atoms with Gasteiger partial charge in [-0.2, -0.15) is 0 Å². The average molecular weight is 261 g/mol. The first-order chi connectivity index (χ1) is 9.27. The Morgan fingerprint density at radius 1 is 1.26 bits per heavy atom. The van der Waals surface area contributed by atoms with Gasteiger partial charge in [0, 0.05) is 0 Å². The minimum Gasteiger partial charge on any atom is -0.493 e. The standard InChI is InChI=1S/C17H27NO/c1-14(2)13-18-11-6-5-7-15-10-12-19-17-9-4-3-8-16(15)17/h3-4,8-9,14-15,18H,5-7,10-13H2,1-2H3. The molecule has 0 radical (unpaired) electrons. The summed E-state index contributed by atoms with van der Waals surface area (Å²) in [5, 5.41) is 3.52. The van der Waals surface area contributed by atoms with E-state index in [1.54, 1.807) is 0 Å². The molecular formula is C17H27NO. The second-order valence-electron chi connectivity index (χ2n) is 5.97. The van der Waals surface area contributed by atoms with Crippen molar-refractivity contribution in [3.05, 3.63) is 29.8 Å². The molecular weight excluding hydrogens is 234 g/mol. The minimum absolute atomic E-state index is 0.704. The molecule has 1 N–H and O–H groups in total. The molecule has 0 aliphatic carbocycles. The predicted molar refractivity (Wildman–Crippen MR) is 80.9 cm³/mol. The molecule has 0 saturated carbocycles. The van der Waals surface area contributed by atoms with Gasteiger partial charge < -0.3 is 10.1 Å². The maximum absolute atomic E-state index is 5.71. The topological polar surface area (TPSA) is 21.3 Å². The Kier molecular flexibility index (Phi) is 5.71. The third-order valence-corrected chi connectivity index (χ3v) is 3.79. The maximum Gasteiger partial charge on any atom is 0.122 e. The first-order valence-corrected chi connectivity index (χ1v) is 7.70. The van der Waals surface area contributed by atoms with Gasteiger partial charge in [-0.05, 0) is 55.8 Å². The van der Waals surface area contributed by atoms with Crippen LogP contribution in [0.2, 0.25) is 0 Å². The molecule has 0 aromatic heterocycles. The molecule has 1 heterocycles. The van der Waals surface area contributed by atoms with Crippen molar-refractivity contribution < 1.29 is 4.74 Å². The zero-order valence-electron chi connectivity index (χ0n) is 12.3. The fourth-order valence-corrected chi connectivity index (χ4v) is 2.75. The molecule has 1 aliphatic rings. The lowest BCUT2D eigenvalue weighted by Gasteiger charge is -2.25. The Morgan fingerprint density at radius 3 is 2.95 bits per heavy atom. The number of unbranched alkanes of at least 4 members (excludes halogenated alkanes) is 1. The van der Waals surface area contributed by atoms with Gasteiger partial charge in [0.2, 0.25) is 0 Å². The van der Waals surface area contributed by atoms with Gasteiger partial charge >= 0.3 is 0 Å². The molecule has 1 aromatic carbocycles. The van der Waals surface area contributed by atoms with Crippen molar-refractivity contribution in [1.82, 2.24) is 5.32 Å². The van der Waals surface area contributed by atoms with Gasteiger partial charge in [0.1, 0.15) is 5.75 Å². The van der Waals surface area contributed by atoms with Crippen molar-refractivity contribution in [2.24, 2.45) is 5.92 Å². The highest BCUT2D eigenvalue weighted by atomic mass is 16.5. The van der Waals surface area contributed by atoms with E-state index in [-0.39, 0.29) is 0 Å². The molecule has 1 unspecified atom stereocenters. The molecule has 106 valence electrons. The van der Waals surface area contributed by atoms with E-state index in [0.29, 0.717) is 5.92 Å². The predicted octanol–water partition coefficient (Wildman–Crippen LogP) is 3.97. The highest BCUT2D eigenvalue weighted by Crippen LogP contribution is 2.36. The summed E-state index contributed by atoms with van der Waals surface area (Å²) in [4.78, 5) is 0. The summed E-state index contributed by atoms with van der Waals surface area (Å²) in [5.74, 6) is 2.56. The van der Waals surface area contributed by atoms with E-state index in [1.807, 2.05) is 0 Å². The van der Waals surface area contributed by atoms with Crippen LogP contribution >= 0.6 is 0 Å². The third kappa shape index (κ3) is 4.54. The van der Waals surface area contributed by atoms with E-state index >= 15 is 0 Å². The quantitative estimate of drug-likeness (QED) is 0.750. The van der Waals surface area contributed by atoms with Crippen molar-refractivity contribution in [2.45, 2.75) is 45.4 Å². The number of hydrogen-bond donors (Lipinski definition) is 1. The Hall–Kier alpha value is -1.02. The molecule has 0 bridgehead atoms. The Balaban J connectivity index is 1.70. The van der Waals surface area contributed by atoms with Crippen LogP contribution in [0.25, 0.3) is 0 Å². The Bertz CT molecular complexity index is 375. The lowest BCUT2D eigenvalue weighted by molar-refractivity contribution is 0.261. The van der Waals surface area contributed by atoms with Crippen molar-refractivity contribution in [1.29, 1.82) is 0 Å². The molecule has 0 fully saturated rings. The molecule has 0 spiro atoms. The summed E-state index contributed by atoms with van der Waals surface area (Å²) in [6.45, 7) is 7.69. The summed E-state index contributed by atoms with van der Waals surface area (Å²) in [6, 6.07) is 8.53. The molecule has 0 saturated heterocycles. The second kappa shape index (κ2) is 7.54. The van der Waals surface area contributed by atoms with Gasteiger partial charge in [-0.3, -0.25) is 0 Å². The molecule has 1 atom stereocenters. The number of nitrogens with one attached hydrogen (secondary N) is 1. The zero-order valence-corrected chi connectivity index (χ0v) is 12.3. The van der Waals surface area contributed by atoms with E-state index < -0.39 is 0 Å². The van der Waals surface area contributed by atoms with Crippen molar-refractivity contribution >= 4 is 0 Å². The molecule has 19 heavy (non-hydrogen) atoms. The number of hydrogen-bond acceptors (Lipinski definition) is 2. The minimum atomic E-state index is 0.704. The first kappa shape index (κ1) is 14.4. The Labute approximate surface area is 117 Å². The zero-order chi connectivity index (χ0) is 13.5. The van der Waals surface area contributed by atoms with Crippen LogP contribution in [0.4, 0.5) is 0 Å². The highest BCUT2D eigenvalue weighted by molar-refractivity contribution is 5.37. The largest absolute Gasteiger partial charge is 0.493 e. The molecule has 1 aliphatic heterocycles. The molecule has 2 nitrogen and oxygen atoms in total. The van der Waals surface area contributed by atoms with Crippen molar-refractivity contribution in [3.8, 4) is 5.75 Å². The Morgan fingerprint density at radius 2 is 2.11 bits per heavy atom. The van der Waals surface area contributed by atoms with Crippen LogP contribution in [0.5, 0.6) is 5.75 Å². The van der Waals surface area contributed by atoms with Gasteiger partial charge in [-0.15, -0.1) is 0 Å². The van der Waals surface area contributed by atoms with E-state index in [2.05, 4.69) is 43.4 Å². The summed E-state index contributed by atoms with van der Waals surface area (Å²) < 4.78 is 5.71. The lowest BCUT2D eigenvalue weighted by atomic mass is 9.89. The van der Waals surface area contributed by atoms with E-state index in [1.165, 1.54) is 31.2 Å². The van der Waals surface area contributed by atoms with E-state index in [9.17, 15) is 0 Å². The van der Waals surface area contributed by atoms with E-state index in [4.69, 9.17) is 4.74 Å². The summed E-state index contributed by atoms with van der Waals surface area (Å²) in [7, 11) is 0. The molecule has 2 rings (SSSR count). The normalized spacial score (nSPS) is 18.2. The molecule has 0 amide bonds. The number of fused-ring (bicyclic) bond motifs is 1. The van der Waals surface area contributed by atoms with Crippen LogP contribution < -0.4 is 10.1 Å². The van der Waals surface area contributed by atoms with Crippen LogP contribution in [0.3, 0.4) is 0 Å². The number of rotatable bonds is 7. The van der Waals surface area contributed by atoms with Gasteiger partial charge in [-0.25, -0.2) is 0 Å². The SMILES string of the molecule is CC(C)CNCCCCC1CCOc2ccccc21. The summed E-state index contributed by atoms with van der Waals surface area (Å²) >= 11 is 0. The molecule has 2 heteroatoms. The van der Waals surface area contributed by atoms with Crippen LogP contribution in [0, 0.1) is 5.92 Å². The fourth-order valence-electron chi connectivity index (χ4n) is 2.75. The smallest absolute Gasteiger partial charge is 0.122 e. The number of para-hydroxylation sites is 1. The summed E-state index contributed by atoms with van der Waals surface area (Å²) in [6.07, 6.45) is 5.07. The second-order valence-corrected chi connectivity index (χ2v) is 5.97. The fraction of sp³-hybridized carbons (Fsp3) is 0.647. The molecule has 1 aromatic rings. The van der Waals surface area contributed by atoms with Crippen LogP contribution in [0.15, 0.2) is 24.3 Å². The van der Waals surface area contributed by atoms with Gasteiger partial charge in [-0.1, -0.05) is 38.5 Å².